The molecule has 2 aromatic rings. The van der Waals surface area contributed by atoms with E-state index in [0.717, 1.165) is 11.1 Å². The lowest BCUT2D eigenvalue weighted by atomic mass is 10.1. The number of hydrogen-bond donors (Lipinski definition) is 1. The van der Waals surface area contributed by atoms with E-state index in [1.807, 2.05) is 26.0 Å². The van der Waals surface area contributed by atoms with Crippen LogP contribution in [0.1, 0.15) is 60.5 Å². The van der Waals surface area contributed by atoms with Gasteiger partial charge in [0.25, 0.3) is 0 Å². The van der Waals surface area contributed by atoms with Gasteiger partial charge in [0.05, 0.1) is 11.3 Å². The Morgan fingerprint density at radius 3 is 2.33 bits per heavy atom. The Bertz CT molecular complexity index is 830. The standard InChI is InChI=1S/C19H21NO4/c1-10-6-7-11(2)15(8-10)19(23)24-9-16(22)18-12(3)17(14(5)21)13(4)20-18/h6-8,20H,9H2,1-5H3. The molecule has 1 heterocycles. The zero-order valence-corrected chi connectivity index (χ0v) is 14.6. The SMILES string of the molecule is CC(=O)c1c(C)[nH]c(C(=O)COC(=O)c2cc(C)ccc2C)c1C. The van der Waals surface area contributed by atoms with Crippen molar-refractivity contribution in [2.75, 3.05) is 6.61 Å². The smallest absolute Gasteiger partial charge is 0.338 e. The van der Waals surface area contributed by atoms with Crippen molar-refractivity contribution in [2.24, 2.45) is 0 Å². The number of carbonyl (C=O) groups is 3. The first kappa shape index (κ1) is 17.7. The van der Waals surface area contributed by atoms with Crippen molar-refractivity contribution in [1.82, 2.24) is 4.98 Å². The van der Waals surface area contributed by atoms with E-state index in [1.165, 1.54) is 6.92 Å². The molecule has 0 amide bonds. The minimum absolute atomic E-state index is 0.104. The number of H-pyrrole nitrogens is 1. The van der Waals surface area contributed by atoms with E-state index < -0.39 is 5.97 Å². The van der Waals surface area contributed by atoms with Crippen molar-refractivity contribution in [3.8, 4) is 0 Å². The minimum Gasteiger partial charge on any atom is -0.454 e. The molecule has 2 rings (SSSR count). The number of ketones is 2. The van der Waals surface area contributed by atoms with Crippen LogP contribution in [0.3, 0.4) is 0 Å². The van der Waals surface area contributed by atoms with Crippen LogP contribution in [0.5, 0.6) is 0 Å². The lowest BCUT2D eigenvalue weighted by Gasteiger charge is -2.07. The van der Waals surface area contributed by atoms with Crippen LogP contribution >= 0.6 is 0 Å². The summed E-state index contributed by atoms with van der Waals surface area (Å²) < 4.78 is 5.15. The molecule has 0 aliphatic heterocycles. The first-order valence-corrected chi connectivity index (χ1v) is 7.70. The summed E-state index contributed by atoms with van der Waals surface area (Å²) in [7, 11) is 0. The molecule has 0 fully saturated rings. The summed E-state index contributed by atoms with van der Waals surface area (Å²) in [5.74, 6) is -0.994. The van der Waals surface area contributed by atoms with Gasteiger partial charge >= 0.3 is 5.97 Å². The number of hydrogen-bond acceptors (Lipinski definition) is 4. The number of aromatic amines is 1. The topological polar surface area (TPSA) is 76.2 Å². The fourth-order valence-electron chi connectivity index (χ4n) is 2.79. The third-order valence-electron chi connectivity index (χ3n) is 4.02. The number of rotatable bonds is 5. The summed E-state index contributed by atoms with van der Waals surface area (Å²) in [4.78, 5) is 39.0. The van der Waals surface area contributed by atoms with Crippen LogP contribution in [0.4, 0.5) is 0 Å². The molecule has 0 aliphatic carbocycles. The van der Waals surface area contributed by atoms with E-state index in [0.29, 0.717) is 28.1 Å². The highest BCUT2D eigenvalue weighted by Gasteiger charge is 2.21. The van der Waals surface area contributed by atoms with Crippen LogP contribution in [0.2, 0.25) is 0 Å². The first-order chi connectivity index (χ1) is 11.2. The number of nitrogens with one attached hydrogen (secondary N) is 1. The molecule has 126 valence electrons. The molecule has 24 heavy (non-hydrogen) atoms. The molecule has 0 spiro atoms. The van der Waals surface area contributed by atoms with E-state index in [9.17, 15) is 14.4 Å². The number of esters is 1. The molecule has 1 aromatic carbocycles. The molecule has 0 bridgehead atoms. The maximum Gasteiger partial charge on any atom is 0.338 e. The van der Waals surface area contributed by atoms with Crippen molar-refractivity contribution >= 4 is 17.5 Å². The summed E-state index contributed by atoms with van der Waals surface area (Å²) in [6, 6.07) is 5.48. The second-order valence-electron chi connectivity index (χ2n) is 6.00. The molecular weight excluding hydrogens is 306 g/mol. The third kappa shape index (κ3) is 3.45. The quantitative estimate of drug-likeness (QED) is 0.673. The Balaban J connectivity index is 2.14. The maximum absolute atomic E-state index is 12.3. The molecule has 1 N–H and O–H groups in total. The van der Waals surface area contributed by atoms with Gasteiger partial charge < -0.3 is 9.72 Å². The molecular formula is C19H21NO4. The monoisotopic (exact) mass is 327 g/mol. The zero-order valence-electron chi connectivity index (χ0n) is 14.6. The molecule has 0 aliphatic rings. The molecule has 0 saturated heterocycles. The fourth-order valence-corrected chi connectivity index (χ4v) is 2.79. The van der Waals surface area contributed by atoms with Crippen LogP contribution < -0.4 is 0 Å². The van der Waals surface area contributed by atoms with Crippen molar-refractivity contribution in [3.05, 3.63) is 57.4 Å². The van der Waals surface area contributed by atoms with E-state index in [1.54, 1.807) is 19.9 Å². The minimum atomic E-state index is -0.530. The van der Waals surface area contributed by atoms with Crippen LogP contribution in [0, 0.1) is 27.7 Å². The molecule has 0 unspecified atom stereocenters. The second-order valence-corrected chi connectivity index (χ2v) is 6.00. The van der Waals surface area contributed by atoms with Gasteiger partial charge in [-0.2, -0.15) is 0 Å². The van der Waals surface area contributed by atoms with E-state index in [2.05, 4.69) is 4.98 Å². The predicted octanol–water partition coefficient (Wildman–Crippen LogP) is 3.49. The van der Waals surface area contributed by atoms with Gasteiger partial charge in [0, 0.05) is 11.3 Å². The Morgan fingerprint density at radius 1 is 1.08 bits per heavy atom. The van der Waals surface area contributed by atoms with E-state index >= 15 is 0 Å². The van der Waals surface area contributed by atoms with Crippen molar-refractivity contribution in [3.63, 3.8) is 0 Å². The van der Waals surface area contributed by atoms with Gasteiger partial charge in [-0.1, -0.05) is 17.7 Å². The van der Waals surface area contributed by atoms with Crippen LogP contribution in [-0.4, -0.2) is 29.1 Å². The Labute approximate surface area is 141 Å². The van der Waals surface area contributed by atoms with Crippen LogP contribution in [0.25, 0.3) is 0 Å². The summed E-state index contributed by atoms with van der Waals surface area (Å²) in [6.07, 6.45) is 0. The summed E-state index contributed by atoms with van der Waals surface area (Å²) in [5.41, 5.74) is 4.25. The highest BCUT2D eigenvalue weighted by atomic mass is 16.5. The molecule has 5 heteroatoms. The summed E-state index contributed by atoms with van der Waals surface area (Å²) in [5, 5.41) is 0. The zero-order chi connectivity index (χ0) is 18.0. The second kappa shape index (κ2) is 6.83. The number of carbonyl (C=O) groups excluding carboxylic acids is 3. The molecule has 0 radical (unpaired) electrons. The average Bonchev–Trinajstić information content (AvgIpc) is 2.81. The highest BCUT2D eigenvalue weighted by molar-refractivity contribution is 6.04. The van der Waals surface area contributed by atoms with Crippen molar-refractivity contribution < 1.29 is 19.1 Å². The van der Waals surface area contributed by atoms with Gasteiger partial charge in [0.2, 0.25) is 5.78 Å². The number of benzene rings is 1. The van der Waals surface area contributed by atoms with Gasteiger partial charge in [-0.05, 0) is 51.8 Å². The molecule has 1 aromatic heterocycles. The summed E-state index contributed by atoms with van der Waals surface area (Å²) in [6.45, 7) is 8.23. The Morgan fingerprint density at radius 2 is 1.75 bits per heavy atom. The lowest BCUT2D eigenvalue weighted by molar-refractivity contribution is 0.0472. The largest absolute Gasteiger partial charge is 0.454 e. The van der Waals surface area contributed by atoms with Crippen molar-refractivity contribution in [2.45, 2.75) is 34.6 Å². The molecule has 5 nitrogen and oxygen atoms in total. The Kier molecular flexibility index (Phi) is 5.02. The van der Waals surface area contributed by atoms with Gasteiger partial charge in [-0.3, -0.25) is 9.59 Å². The normalized spacial score (nSPS) is 10.5. The summed E-state index contributed by atoms with van der Waals surface area (Å²) >= 11 is 0. The van der Waals surface area contributed by atoms with Crippen molar-refractivity contribution in [1.29, 1.82) is 0 Å². The van der Waals surface area contributed by atoms with E-state index in [-0.39, 0.29) is 18.2 Å². The molecule has 0 atom stereocenters. The highest BCUT2D eigenvalue weighted by Crippen LogP contribution is 2.19. The van der Waals surface area contributed by atoms with Gasteiger partial charge in [-0.25, -0.2) is 4.79 Å². The Hall–Kier alpha value is -2.69. The number of Topliss-reactive ketones (excluding diaryl/α,β-unsaturated/α-hetero) is 2. The van der Waals surface area contributed by atoms with E-state index in [4.69, 9.17) is 4.74 Å². The maximum atomic E-state index is 12.3. The predicted molar refractivity (Wildman–Crippen MR) is 90.8 cm³/mol. The number of aromatic nitrogens is 1. The van der Waals surface area contributed by atoms with Crippen LogP contribution in [0.15, 0.2) is 18.2 Å². The lowest BCUT2D eigenvalue weighted by Crippen LogP contribution is -2.16. The third-order valence-corrected chi connectivity index (χ3v) is 4.02. The number of ether oxygens (including phenoxy) is 1. The number of aryl methyl sites for hydroxylation is 3. The van der Waals surface area contributed by atoms with Gasteiger partial charge in [0.1, 0.15) is 0 Å². The fraction of sp³-hybridized carbons (Fsp3) is 0.316. The first-order valence-electron chi connectivity index (χ1n) is 7.70. The van der Waals surface area contributed by atoms with Gasteiger partial charge in [-0.15, -0.1) is 0 Å². The average molecular weight is 327 g/mol. The molecule has 0 saturated carbocycles. The van der Waals surface area contributed by atoms with Crippen LogP contribution in [-0.2, 0) is 4.74 Å². The van der Waals surface area contributed by atoms with Gasteiger partial charge in [0.15, 0.2) is 12.4 Å².